The predicted molar refractivity (Wildman–Crippen MR) is 61.9 cm³/mol. The fourth-order valence-electron chi connectivity index (χ4n) is 1.87. The molecule has 0 aliphatic rings. The van der Waals surface area contributed by atoms with Crippen LogP contribution < -0.4 is 5.73 Å². The highest BCUT2D eigenvalue weighted by atomic mass is 16.5. The lowest BCUT2D eigenvalue weighted by Crippen LogP contribution is -2.22. The van der Waals surface area contributed by atoms with Gasteiger partial charge in [0, 0.05) is 29.7 Å². The minimum Gasteiger partial charge on any atom is -0.468 e. The molecule has 1 aromatic carbocycles. The average Bonchev–Trinajstić information content (AvgIpc) is 2.65. The number of benzene rings is 1. The smallest absolute Gasteiger partial charge is 0.327 e. The molecule has 0 bridgehead atoms. The van der Waals surface area contributed by atoms with Gasteiger partial charge in [-0.3, -0.25) is 4.79 Å². The third-order valence-corrected chi connectivity index (χ3v) is 2.72. The Morgan fingerprint density at radius 3 is 2.81 bits per heavy atom. The molecule has 1 aromatic heterocycles. The van der Waals surface area contributed by atoms with E-state index >= 15 is 0 Å². The van der Waals surface area contributed by atoms with Crippen molar-refractivity contribution in [2.24, 2.45) is 12.8 Å². The first-order chi connectivity index (χ1) is 7.65. The molecule has 0 amide bonds. The highest BCUT2D eigenvalue weighted by molar-refractivity contribution is 5.89. The van der Waals surface area contributed by atoms with Crippen LogP contribution in [-0.4, -0.2) is 17.6 Å². The Labute approximate surface area is 93.6 Å². The summed E-state index contributed by atoms with van der Waals surface area (Å²) in [6.07, 6.45) is 1.87. The summed E-state index contributed by atoms with van der Waals surface area (Å²) in [5.74, 6) is -0.420. The number of carbonyl (C=O) groups excluding carboxylic acids is 1. The molecule has 1 heterocycles. The molecule has 2 rings (SSSR count). The number of para-hydroxylation sites is 1. The zero-order valence-corrected chi connectivity index (χ0v) is 9.31. The minimum absolute atomic E-state index is 0.420. The van der Waals surface area contributed by atoms with E-state index in [1.165, 1.54) is 7.11 Å². The van der Waals surface area contributed by atoms with E-state index in [1.54, 1.807) is 0 Å². The van der Waals surface area contributed by atoms with E-state index in [0.717, 1.165) is 16.5 Å². The van der Waals surface area contributed by atoms with Crippen LogP contribution in [0.1, 0.15) is 11.6 Å². The third-order valence-electron chi connectivity index (χ3n) is 2.72. The Hall–Kier alpha value is -1.81. The molecule has 4 nitrogen and oxygen atoms in total. The van der Waals surface area contributed by atoms with Crippen molar-refractivity contribution >= 4 is 16.9 Å². The normalized spacial score (nSPS) is 12.7. The van der Waals surface area contributed by atoms with Gasteiger partial charge in [-0.05, 0) is 6.07 Å². The molecular formula is C12H14N2O2. The zero-order chi connectivity index (χ0) is 11.7. The van der Waals surface area contributed by atoms with E-state index in [-0.39, 0.29) is 0 Å². The van der Waals surface area contributed by atoms with Gasteiger partial charge in [0.05, 0.1) is 7.11 Å². The molecule has 84 valence electrons. The number of aromatic nitrogens is 1. The van der Waals surface area contributed by atoms with Gasteiger partial charge in [-0.25, -0.2) is 0 Å². The van der Waals surface area contributed by atoms with E-state index in [4.69, 9.17) is 5.73 Å². The van der Waals surface area contributed by atoms with Gasteiger partial charge < -0.3 is 15.0 Å². The highest BCUT2D eigenvalue weighted by Crippen LogP contribution is 2.25. The number of aryl methyl sites for hydroxylation is 1. The Morgan fingerprint density at radius 1 is 1.44 bits per heavy atom. The van der Waals surface area contributed by atoms with Crippen LogP contribution in [0.15, 0.2) is 30.5 Å². The van der Waals surface area contributed by atoms with Crippen molar-refractivity contribution in [3.63, 3.8) is 0 Å². The van der Waals surface area contributed by atoms with Crippen molar-refractivity contribution in [2.45, 2.75) is 6.04 Å². The maximum Gasteiger partial charge on any atom is 0.327 e. The molecule has 0 saturated carbocycles. The number of methoxy groups -OCH3 is 1. The first-order valence-electron chi connectivity index (χ1n) is 5.02. The van der Waals surface area contributed by atoms with E-state index in [1.807, 2.05) is 42.1 Å². The number of hydrogen-bond acceptors (Lipinski definition) is 3. The quantitative estimate of drug-likeness (QED) is 0.774. The standard InChI is InChI=1S/C12H14N2O2/c1-14-7-9(11(13)12(15)16-2)8-5-3-4-6-10(8)14/h3-7,11H,13H2,1-2H3/t11-/m0/s1. The summed E-state index contributed by atoms with van der Waals surface area (Å²) in [5, 5.41) is 0.989. The fourth-order valence-corrected chi connectivity index (χ4v) is 1.87. The molecule has 0 spiro atoms. The topological polar surface area (TPSA) is 57.2 Å². The van der Waals surface area contributed by atoms with Crippen LogP contribution in [0.25, 0.3) is 10.9 Å². The Bertz CT molecular complexity index is 531. The van der Waals surface area contributed by atoms with Gasteiger partial charge in [-0.1, -0.05) is 18.2 Å². The van der Waals surface area contributed by atoms with Crippen LogP contribution in [-0.2, 0) is 16.6 Å². The number of nitrogens with zero attached hydrogens (tertiary/aromatic N) is 1. The Kier molecular flexibility index (Phi) is 2.66. The number of fused-ring (bicyclic) bond motifs is 1. The molecule has 16 heavy (non-hydrogen) atoms. The Morgan fingerprint density at radius 2 is 2.12 bits per heavy atom. The largest absolute Gasteiger partial charge is 0.468 e. The molecule has 4 heteroatoms. The van der Waals surface area contributed by atoms with Crippen LogP contribution in [0.5, 0.6) is 0 Å². The molecule has 0 aliphatic heterocycles. The summed E-state index contributed by atoms with van der Waals surface area (Å²) in [7, 11) is 3.27. The maximum atomic E-state index is 11.4. The van der Waals surface area contributed by atoms with Crippen molar-refractivity contribution < 1.29 is 9.53 Å². The van der Waals surface area contributed by atoms with Crippen molar-refractivity contribution in [1.29, 1.82) is 0 Å². The number of nitrogens with two attached hydrogens (primary N) is 1. The monoisotopic (exact) mass is 218 g/mol. The molecule has 1 atom stereocenters. The van der Waals surface area contributed by atoms with E-state index in [0.29, 0.717) is 0 Å². The fraction of sp³-hybridized carbons (Fsp3) is 0.250. The molecule has 2 N–H and O–H groups in total. The Balaban J connectivity index is 2.57. The predicted octanol–water partition coefficient (Wildman–Crippen LogP) is 1.35. The summed E-state index contributed by atoms with van der Waals surface area (Å²) >= 11 is 0. The molecule has 0 fully saturated rings. The van der Waals surface area contributed by atoms with Crippen molar-refractivity contribution in [2.75, 3.05) is 7.11 Å². The number of esters is 1. The van der Waals surface area contributed by atoms with Gasteiger partial charge in [0.2, 0.25) is 0 Å². The third kappa shape index (κ3) is 1.57. The van der Waals surface area contributed by atoms with Crippen molar-refractivity contribution in [3.8, 4) is 0 Å². The van der Waals surface area contributed by atoms with E-state index < -0.39 is 12.0 Å². The molecule has 2 aromatic rings. The van der Waals surface area contributed by atoms with Crippen LogP contribution in [0.3, 0.4) is 0 Å². The summed E-state index contributed by atoms with van der Waals surface area (Å²) in [6, 6.07) is 7.10. The van der Waals surface area contributed by atoms with Crippen LogP contribution in [0.4, 0.5) is 0 Å². The van der Waals surface area contributed by atoms with Gasteiger partial charge in [-0.2, -0.15) is 0 Å². The lowest BCUT2D eigenvalue weighted by molar-refractivity contribution is -0.142. The maximum absolute atomic E-state index is 11.4. The molecule has 0 aliphatic carbocycles. The lowest BCUT2D eigenvalue weighted by atomic mass is 10.1. The van der Waals surface area contributed by atoms with Crippen LogP contribution in [0.2, 0.25) is 0 Å². The highest BCUT2D eigenvalue weighted by Gasteiger charge is 2.20. The van der Waals surface area contributed by atoms with E-state index in [2.05, 4.69) is 4.74 Å². The van der Waals surface area contributed by atoms with E-state index in [9.17, 15) is 4.79 Å². The molecule has 0 saturated heterocycles. The molecule has 0 radical (unpaired) electrons. The van der Waals surface area contributed by atoms with Gasteiger partial charge in [0.1, 0.15) is 6.04 Å². The number of hydrogen-bond donors (Lipinski definition) is 1. The van der Waals surface area contributed by atoms with Crippen molar-refractivity contribution in [3.05, 3.63) is 36.0 Å². The average molecular weight is 218 g/mol. The van der Waals surface area contributed by atoms with Crippen LogP contribution in [0, 0.1) is 0 Å². The number of carbonyl (C=O) groups is 1. The first-order valence-corrected chi connectivity index (χ1v) is 5.02. The second kappa shape index (κ2) is 3.98. The van der Waals surface area contributed by atoms with Crippen molar-refractivity contribution in [1.82, 2.24) is 4.57 Å². The summed E-state index contributed by atoms with van der Waals surface area (Å²) < 4.78 is 6.60. The summed E-state index contributed by atoms with van der Waals surface area (Å²) in [5.41, 5.74) is 7.69. The number of rotatable bonds is 2. The second-order valence-electron chi connectivity index (χ2n) is 3.71. The molecular weight excluding hydrogens is 204 g/mol. The molecule has 0 unspecified atom stereocenters. The second-order valence-corrected chi connectivity index (χ2v) is 3.71. The van der Waals surface area contributed by atoms with Crippen LogP contribution >= 0.6 is 0 Å². The van der Waals surface area contributed by atoms with Gasteiger partial charge in [0.15, 0.2) is 0 Å². The van der Waals surface area contributed by atoms with Gasteiger partial charge in [0.25, 0.3) is 0 Å². The van der Waals surface area contributed by atoms with Gasteiger partial charge >= 0.3 is 5.97 Å². The summed E-state index contributed by atoms with van der Waals surface area (Å²) in [4.78, 5) is 11.4. The summed E-state index contributed by atoms with van der Waals surface area (Å²) in [6.45, 7) is 0. The zero-order valence-electron chi connectivity index (χ0n) is 9.31. The lowest BCUT2D eigenvalue weighted by Gasteiger charge is -2.07. The first kappa shape index (κ1) is 10.7. The SMILES string of the molecule is COC(=O)[C@@H](N)c1cn(C)c2ccccc12. The minimum atomic E-state index is -0.726. The number of ether oxygens (including phenoxy) is 1. The van der Waals surface area contributed by atoms with Gasteiger partial charge in [-0.15, -0.1) is 0 Å².